The van der Waals surface area contributed by atoms with Crippen LogP contribution in [0.3, 0.4) is 0 Å². The first-order valence-electron chi connectivity index (χ1n) is 6.88. The molecular weight excluding hydrogens is 240 g/mol. The van der Waals surface area contributed by atoms with Gasteiger partial charge in [-0.3, -0.25) is 0 Å². The fraction of sp³-hybridized carbons (Fsp3) is 0.800. The molecule has 0 spiro atoms. The lowest BCUT2D eigenvalue weighted by atomic mass is 9.88. The molecule has 0 aromatic carbocycles. The molecule has 0 aliphatic heterocycles. The quantitative estimate of drug-likeness (QED) is 0.872. The predicted molar refractivity (Wildman–Crippen MR) is 81.1 cm³/mol. The fourth-order valence-corrected chi connectivity index (χ4v) is 3.21. The lowest BCUT2D eigenvalue weighted by Gasteiger charge is -2.24. The summed E-state index contributed by atoms with van der Waals surface area (Å²) < 4.78 is 0. The van der Waals surface area contributed by atoms with E-state index in [1.165, 1.54) is 10.6 Å². The number of nitrogens with zero attached hydrogens (tertiary/aromatic N) is 1. The molecule has 2 N–H and O–H groups in total. The van der Waals surface area contributed by atoms with E-state index in [1.807, 2.05) is 11.3 Å². The van der Waals surface area contributed by atoms with Crippen molar-refractivity contribution in [1.82, 2.24) is 4.98 Å². The Balaban J connectivity index is 3.09. The van der Waals surface area contributed by atoms with E-state index in [9.17, 15) is 0 Å². The standard InChI is InChI=1S/C15H28N2S/c1-9(2)8-11-12(10(3)4)18-14(17-11)13(16)15(5,6)7/h9-10,13H,8,16H2,1-7H3. The van der Waals surface area contributed by atoms with Crippen molar-refractivity contribution in [1.29, 1.82) is 0 Å². The minimum absolute atomic E-state index is 0.0286. The lowest BCUT2D eigenvalue weighted by Crippen LogP contribution is -2.26. The van der Waals surface area contributed by atoms with Crippen LogP contribution in [0.1, 0.15) is 76.0 Å². The second kappa shape index (κ2) is 5.70. The molecule has 1 unspecified atom stereocenters. The summed E-state index contributed by atoms with van der Waals surface area (Å²) in [4.78, 5) is 6.25. The Morgan fingerprint density at radius 2 is 1.72 bits per heavy atom. The van der Waals surface area contributed by atoms with Gasteiger partial charge in [-0.2, -0.15) is 0 Å². The van der Waals surface area contributed by atoms with E-state index < -0.39 is 0 Å². The molecular formula is C15H28N2S. The van der Waals surface area contributed by atoms with Crippen LogP contribution >= 0.6 is 11.3 Å². The van der Waals surface area contributed by atoms with E-state index >= 15 is 0 Å². The van der Waals surface area contributed by atoms with Crippen molar-refractivity contribution in [3.05, 3.63) is 15.6 Å². The minimum atomic E-state index is 0.0286. The average Bonchev–Trinajstić information content (AvgIpc) is 2.58. The first kappa shape index (κ1) is 15.6. The number of aromatic nitrogens is 1. The number of rotatable bonds is 4. The summed E-state index contributed by atoms with van der Waals surface area (Å²) in [6.07, 6.45) is 1.06. The van der Waals surface area contributed by atoms with Gasteiger partial charge in [-0.15, -0.1) is 11.3 Å². The highest BCUT2D eigenvalue weighted by atomic mass is 32.1. The van der Waals surface area contributed by atoms with E-state index in [4.69, 9.17) is 10.7 Å². The summed E-state index contributed by atoms with van der Waals surface area (Å²) in [6, 6.07) is 0.0286. The molecule has 0 saturated carbocycles. The molecule has 1 heterocycles. The Labute approximate surface area is 116 Å². The van der Waals surface area contributed by atoms with E-state index in [0.717, 1.165) is 11.4 Å². The third-order valence-corrected chi connectivity index (χ3v) is 4.55. The Morgan fingerprint density at radius 3 is 2.11 bits per heavy atom. The van der Waals surface area contributed by atoms with E-state index in [0.29, 0.717) is 11.8 Å². The molecule has 0 bridgehead atoms. The van der Waals surface area contributed by atoms with Crippen LogP contribution in [0, 0.1) is 11.3 Å². The van der Waals surface area contributed by atoms with Crippen LogP contribution in [-0.2, 0) is 6.42 Å². The maximum Gasteiger partial charge on any atom is 0.110 e. The van der Waals surface area contributed by atoms with Crippen molar-refractivity contribution < 1.29 is 0 Å². The highest BCUT2D eigenvalue weighted by Gasteiger charge is 2.27. The Hall–Kier alpha value is -0.410. The Kier molecular flexibility index (Phi) is 4.96. The molecule has 3 heteroatoms. The fourth-order valence-electron chi connectivity index (χ4n) is 1.87. The van der Waals surface area contributed by atoms with Gasteiger partial charge in [-0.1, -0.05) is 48.5 Å². The van der Waals surface area contributed by atoms with Gasteiger partial charge in [-0.25, -0.2) is 4.98 Å². The molecule has 1 aromatic rings. The van der Waals surface area contributed by atoms with Crippen LogP contribution in [0.5, 0.6) is 0 Å². The third kappa shape index (κ3) is 3.79. The number of hydrogen-bond donors (Lipinski definition) is 1. The van der Waals surface area contributed by atoms with Crippen LogP contribution in [0.15, 0.2) is 0 Å². The summed E-state index contributed by atoms with van der Waals surface area (Å²) in [5.74, 6) is 1.18. The van der Waals surface area contributed by atoms with Gasteiger partial charge in [0, 0.05) is 4.88 Å². The summed E-state index contributed by atoms with van der Waals surface area (Å²) in [6.45, 7) is 15.5. The van der Waals surface area contributed by atoms with Crippen LogP contribution in [-0.4, -0.2) is 4.98 Å². The molecule has 0 saturated heterocycles. The Bertz CT molecular complexity index is 386. The van der Waals surface area contributed by atoms with Gasteiger partial charge in [0.2, 0.25) is 0 Å². The average molecular weight is 268 g/mol. The van der Waals surface area contributed by atoms with Crippen molar-refractivity contribution in [2.45, 2.75) is 66.8 Å². The van der Waals surface area contributed by atoms with Crippen molar-refractivity contribution in [2.75, 3.05) is 0 Å². The van der Waals surface area contributed by atoms with Crippen LogP contribution in [0.25, 0.3) is 0 Å². The first-order chi connectivity index (χ1) is 8.12. The molecule has 1 aromatic heterocycles. The molecule has 0 aliphatic rings. The lowest BCUT2D eigenvalue weighted by molar-refractivity contribution is 0.326. The number of nitrogens with two attached hydrogens (primary N) is 1. The van der Waals surface area contributed by atoms with Crippen molar-refractivity contribution >= 4 is 11.3 Å². The largest absolute Gasteiger partial charge is 0.322 e. The predicted octanol–water partition coefficient (Wildman–Crippen LogP) is 4.51. The number of thiazole rings is 1. The second-order valence-electron chi connectivity index (χ2n) is 6.96. The molecule has 0 amide bonds. The summed E-state index contributed by atoms with van der Waals surface area (Å²) in [7, 11) is 0. The maximum absolute atomic E-state index is 6.33. The van der Waals surface area contributed by atoms with Crippen LogP contribution in [0.4, 0.5) is 0 Å². The molecule has 0 aliphatic carbocycles. The first-order valence-corrected chi connectivity index (χ1v) is 7.69. The monoisotopic (exact) mass is 268 g/mol. The molecule has 0 radical (unpaired) electrons. The van der Waals surface area contributed by atoms with Gasteiger partial charge in [0.1, 0.15) is 5.01 Å². The SMILES string of the molecule is CC(C)Cc1nc(C(N)C(C)(C)C)sc1C(C)C. The molecule has 1 rings (SSSR count). The second-order valence-corrected chi connectivity index (χ2v) is 8.02. The van der Waals surface area contributed by atoms with Gasteiger partial charge >= 0.3 is 0 Å². The molecule has 1 atom stereocenters. The van der Waals surface area contributed by atoms with Gasteiger partial charge in [0.25, 0.3) is 0 Å². The van der Waals surface area contributed by atoms with Crippen LogP contribution in [0.2, 0.25) is 0 Å². The van der Waals surface area contributed by atoms with Crippen LogP contribution < -0.4 is 5.73 Å². The topological polar surface area (TPSA) is 38.9 Å². The van der Waals surface area contributed by atoms with E-state index in [2.05, 4.69) is 48.5 Å². The molecule has 18 heavy (non-hydrogen) atoms. The van der Waals surface area contributed by atoms with Gasteiger partial charge < -0.3 is 5.73 Å². The normalized spacial score (nSPS) is 14.6. The summed E-state index contributed by atoms with van der Waals surface area (Å²) in [5.41, 5.74) is 7.67. The molecule has 2 nitrogen and oxygen atoms in total. The zero-order valence-corrected chi connectivity index (χ0v) is 13.7. The zero-order chi connectivity index (χ0) is 14.1. The summed E-state index contributed by atoms with van der Waals surface area (Å²) in [5, 5.41) is 1.10. The van der Waals surface area contributed by atoms with Gasteiger partial charge in [-0.05, 0) is 23.7 Å². The Morgan fingerprint density at radius 1 is 1.17 bits per heavy atom. The minimum Gasteiger partial charge on any atom is -0.322 e. The van der Waals surface area contributed by atoms with Crippen molar-refractivity contribution in [3.63, 3.8) is 0 Å². The highest BCUT2D eigenvalue weighted by molar-refractivity contribution is 7.11. The molecule has 0 fully saturated rings. The molecule has 104 valence electrons. The number of hydrogen-bond acceptors (Lipinski definition) is 3. The van der Waals surface area contributed by atoms with Gasteiger partial charge in [0.15, 0.2) is 0 Å². The maximum atomic E-state index is 6.33. The zero-order valence-electron chi connectivity index (χ0n) is 12.9. The summed E-state index contributed by atoms with van der Waals surface area (Å²) >= 11 is 1.81. The van der Waals surface area contributed by atoms with Gasteiger partial charge in [0.05, 0.1) is 11.7 Å². The van der Waals surface area contributed by atoms with Crippen molar-refractivity contribution in [2.24, 2.45) is 17.1 Å². The van der Waals surface area contributed by atoms with Crippen molar-refractivity contribution in [3.8, 4) is 0 Å². The van der Waals surface area contributed by atoms with E-state index in [-0.39, 0.29) is 11.5 Å². The van der Waals surface area contributed by atoms with E-state index in [1.54, 1.807) is 0 Å². The third-order valence-electron chi connectivity index (χ3n) is 3.07. The smallest absolute Gasteiger partial charge is 0.110 e. The highest BCUT2D eigenvalue weighted by Crippen LogP contribution is 2.37.